The van der Waals surface area contributed by atoms with Gasteiger partial charge in [-0.25, -0.2) is 0 Å². The summed E-state index contributed by atoms with van der Waals surface area (Å²) < 4.78 is 0. The number of nitrogens with zero attached hydrogens (tertiary/aromatic N) is 2. The summed E-state index contributed by atoms with van der Waals surface area (Å²) in [6.45, 7) is 0. The Bertz CT molecular complexity index is 558. The summed E-state index contributed by atoms with van der Waals surface area (Å²) >= 11 is 4.74. The average Bonchev–Trinajstić information content (AvgIpc) is 2.84. The van der Waals surface area contributed by atoms with E-state index in [-0.39, 0.29) is 5.91 Å². The van der Waals surface area contributed by atoms with Gasteiger partial charge in [0.25, 0.3) is 5.91 Å². The number of thiocarbonyl (C=S) groups is 1. The Balaban J connectivity index is 2.21. The van der Waals surface area contributed by atoms with Gasteiger partial charge in [-0.3, -0.25) is 4.79 Å². The first-order chi connectivity index (χ1) is 8.31. The number of rotatable bonds is 3. The summed E-state index contributed by atoms with van der Waals surface area (Å²) in [5.74, 6) is -0.0196. The second-order valence-corrected chi connectivity index (χ2v) is 3.36. The average molecular weight is 244 g/mol. The number of carbonyl (C=O) groups is 1. The van der Waals surface area contributed by atoms with E-state index in [1.54, 1.807) is 12.1 Å². The lowest BCUT2D eigenvalue weighted by Crippen LogP contribution is -2.14. The van der Waals surface area contributed by atoms with Gasteiger partial charge in [0.05, 0.1) is 6.20 Å². The van der Waals surface area contributed by atoms with E-state index in [0.717, 1.165) is 0 Å². The number of aromatic nitrogens is 3. The summed E-state index contributed by atoms with van der Waals surface area (Å²) in [5, 5.41) is 14.7. The Hall–Kier alpha value is -2.30. The van der Waals surface area contributed by atoms with Gasteiger partial charge in [-0.15, -0.1) is 5.10 Å². The van der Waals surface area contributed by atoms with Crippen molar-refractivity contribution in [2.24, 2.45) is 0 Å². The molecule has 84 valence electrons. The zero-order valence-electron chi connectivity index (χ0n) is 8.68. The molecule has 0 spiro atoms. The molecule has 1 amide bonds. The molecule has 2 N–H and O–H groups in total. The van der Waals surface area contributed by atoms with Gasteiger partial charge in [-0.2, -0.15) is 10.3 Å². The van der Waals surface area contributed by atoms with Crippen LogP contribution >= 0.6 is 12.2 Å². The van der Waals surface area contributed by atoms with E-state index in [0.29, 0.717) is 17.0 Å². The monoisotopic (exact) mass is 244 g/mol. The third kappa shape index (κ3) is 2.63. The Morgan fingerprint density at radius 3 is 2.71 bits per heavy atom. The predicted molar refractivity (Wildman–Crippen MR) is 67.5 cm³/mol. The topological polar surface area (TPSA) is 70.7 Å². The summed E-state index contributed by atoms with van der Waals surface area (Å²) in [6.07, 6.45) is 1.41. The number of nitrogens with one attached hydrogen (secondary N) is 2. The minimum absolute atomic E-state index is 0.295. The molecule has 5 nitrogen and oxygen atoms in total. The van der Waals surface area contributed by atoms with Gasteiger partial charge in [-0.05, 0) is 22.8 Å². The van der Waals surface area contributed by atoms with E-state index in [1.165, 1.54) is 6.20 Å². The maximum atomic E-state index is 11.9. The molecule has 0 bridgehead atoms. The van der Waals surface area contributed by atoms with Gasteiger partial charge >= 0.3 is 0 Å². The molecule has 1 heterocycles. The van der Waals surface area contributed by atoms with Gasteiger partial charge in [0.15, 0.2) is 5.82 Å². The van der Waals surface area contributed by atoms with Crippen LogP contribution in [0.4, 0.5) is 5.82 Å². The molecule has 2 aromatic rings. The van der Waals surface area contributed by atoms with E-state index in [1.807, 2.05) is 18.2 Å². The second kappa shape index (κ2) is 5.16. The third-order valence-corrected chi connectivity index (χ3v) is 2.25. The highest BCUT2D eigenvalue weighted by Crippen LogP contribution is 2.13. The van der Waals surface area contributed by atoms with E-state index >= 15 is 0 Å². The quantitative estimate of drug-likeness (QED) is 0.633. The maximum absolute atomic E-state index is 11.9. The first kappa shape index (κ1) is 11.2. The standard InChI is InChI=1S/C11H8N4OS/c16-11(13-10-6-12-15-14-10)9(7-17)8-4-2-1-3-5-8/h1-6H,(H2,12,13,14,15,16). The van der Waals surface area contributed by atoms with Gasteiger partial charge in [0, 0.05) is 0 Å². The number of carbonyl (C=O) groups excluding carboxylic acids is 1. The highest BCUT2D eigenvalue weighted by Gasteiger charge is 2.12. The van der Waals surface area contributed by atoms with Crippen LogP contribution in [0.1, 0.15) is 5.56 Å². The number of benzene rings is 1. The van der Waals surface area contributed by atoms with Crippen molar-refractivity contribution in [1.29, 1.82) is 0 Å². The minimum atomic E-state index is -0.361. The number of aromatic amines is 1. The third-order valence-electron chi connectivity index (χ3n) is 2.05. The van der Waals surface area contributed by atoms with E-state index in [4.69, 9.17) is 12.2 Å². The van der Waals surface area contributed by atoms with Crippen LogP contribution in [0.3, 0.4) is 0 Å². The Morgan fingerprint density at radius 1 is 1.35 bits per heavy atom. The normalized spacial score (nSPS) is 9.41. The van der Waals surface area contributed by atoms with Gasteiger partial charge in [0.2, 0.25) is 0 Å². The van der Waals surface area contributed by atoms with Crippen molar-refractivity contribution in [2.45, 2.75) is 0 Å². The molecule has 0 aliphatic carbocycles. The minimum Gasteiger partial charge on any atom is -0.303 e. The van der Waals surface area contributed by atoms with E-state index in [9.17, 15) is 4.79 Å². The van der Waals surface area contributed by atoms with Crippen LogP contribution in [0.5, 0.6) is 0 Å². The molecule has 0 aliphatic rings. The van der Waals surface area contributed by atoms with Gasteiger partial charge in [0.1, 0.15) is 5.57 Å². The number of H-pyrrole nitrogens is 1. The fourth-order valence-electron chi connectivity index (χ4n) is 1.28. The van der Waals surface area contributed by atoms with E-state index < -0.39 is 0 Å². The fourth-order valence-corrected chi connectivity index (χ4v) is 1.49. The van der Waals surface area contributed by atoms with Crippen LogP contribution in [0, 0.1) is 0 Å². The largest absolute Gasteiger partial charge is 0.303 e. The second-order valence-electron chi connectivity index (χ2n) is 3.15. The molecular weight excluding hydrogens is 236 g/mol. The fraction of sp³-hybridized carbons (Fsp3) is 0. The van der Waals surface area contributed by atoms with Crippen LogP contribution in [0.15, 0.2) is 36.5 Å². The molecular formula is C11H8N4OS. The van der Waals surface area contributed by atoms with Crippen molar-refractivity contribution < 1.29 is 4.79 Å². The number of anilines is 1. The Kier molecular flexibility index (Phi) is 3.40. The molecule has 6 heteroatoms. The maximum Gasteiger partial charge on any atom is 0.266 e. The van der Waals surface area contributed by atoms with Crippen LogP contribution in [0.2, 0.25) is 0 Å². The molecule has 1 aromatic heterocycles. The molecule has 17 heavy (non-hydrogen) atoms. The van der Waals surface area contributed by atoms with Crippen LogP contribution in [0.25, 0.3) is 5.57 Å². The first-order valence-electron chi connectivity index (χ1n) is 4.79. The van der Waals surface area contributed by atoms with Crippen LogP contribution in [-0.2, 0) is 4.79 Å². The predicted octanol–water partition coefficient (Wildman–Crippen LogP) is 1.43. The molecule has 0 saturated carbocycles. The Labute approximate surface area is 103 Å². The lowest BCUT2D eigenvalue weighted by molar-refractivity contribution is -0.111. The first-order valence-corrected chi connectivity index (χ1v) is 5.19. The van der Waals surface area contributed by atoms with Crippen molar-refractivity contribution in [3.05, 3.63) is 42.1 Å². The van der Waals surface area contributed by atoms with Crippen molar-refractivity contribution in [1.82, 2.24) is 15.4 Å². The smallest absolute Gasteiger partial charge is 0.266 e. The number of hydrogen-bond donors (Lipinski definition) is 2. The zero-order valence-corrected chi connectivity index (χ0v) is 9.49. The Morgan fingerprint density at radius 2 is 2.12 bits per heavy atom. The highest BCUT2D eigenvalue weighted by molar-refractivity contribution is 7.78. The summed E-state index contributed by atoms with van der Waals surface area (Å²) in [5.41, 5.74) is 1.01. The summed E-state index contributed by atoms with van der Waals surface area (Å²) in [6, 6.07) is 9.09. The molecule has 0 aliphatic heterocycles. The molecule has 0 radical (unpaired) electrons. The van der Waals surface area contributed by atoms with Gasteiger partial charge < -0.3 is 5.32 Å². The van der Waals surface area contributed by atoms with Crippen molar-refractivity contribution in [3.63, 3.8) is 0 Å². The van der Waals surface area contributed by atoms with Crippen molar-refractivity contribution in [2.75, 3.05) is 5.32 Å². The molecule has 0 fully saturated rings. The summed E-state index contributed by atoms with van der Waals surface area (Å²) in [7, 11) is 0. The molecule has 0 unspecified atom stereocenters. The number of amides is 1. The van der Waals surface area contributed by atoms with Crippen molar-refractivity contribution in [3.8, 4) is 0 Å². The highest BCUT2D eigenvalue weighted by atomic mass is 32.1. The van der Waals surface area contributed by atoms with Gasteiger partial charge in [-0.1, -0.05) is 30.3 Å². The molecule has 2 rings (SSSR count). The van der Waals surface area contributed by atoms with Crippen LogP contribution in [-0.4, -0.2) is 26.3 Å². The molecule has 0 atom stereocenters. The number of hydrogen-bond acceptors (Lipinski definition) is 4. The SMILES string of the molecule is O=C(Nc1cn[nH]n1)C(=C=S)c1ccccc1. The van der Waals surface area contributed by atoms with E-state index in [2.05, 4.69) is 25.8 Å². The molecule has 0 saturated heterocycles. The lowest BCUT2D eigenvalue weighted by atomic mass is 10.1. The zero-order chi connectivity index (χ0) is 12.1. The lowest BCUT2D eigenvalue weighted by Gasteiger charge is -2.03. The summed E-state index contributed by atoms with van der Waals surface area (Å²) in [4.78, 5) is 11.9. The molecule has 1 aromatic carbocycles. The van der Waals surface area contributed by atoms with Crippen molar-refractivity contribution >= 4 is 34.5 Å². The van der Waals surface area contributed by atoms with Crippen LogP contribution < -0.4 is 5.32 Å².